The quantitative estimate of drug-likeness (QED) is 0.848. The number of hydrogen-bond donors (Lipinski definition) is 0. The molecule has 136 valence electrons. The number of aryl methyl sites for hydroxylation is 1. The Kier molecular flexibility index (Phi) is 4.84. The highest BCUT2D eigenvalue weighted by molar-refractivity contribution is 5.83. The fraction of sp³-hybridized carbons (Fsp3) is 0.450. The molecule has 6 heteroatoms. The van der Waals surface area contributed by atoms with E-state index >= 15 is 0 Å². The summed E-state index contributed by atoms with van der Waals surface area (Å²) in [5, 5.41) is 8.08. The van der Waals surface area contributed by atoms with Gasteiger partial charge in [0, 0.05) is 12.6 Å². The number of piperidine rings is 1. The molecular formula is C20H23N3O3. The van der Waals surface area contributed by atoms with Crippen LogP contribution in [0.2, 0.25) is 0 Å². The number of fused-ring (bicyclic) bond motifs is 1. The van der Waals surface area contributed by atoms with Crippen LogP contribution < -0.4 is 4.74 Å². The first-order chi connectivity index (χ1) is 12.7. The summed E-state index contributed by atoms with van der Waals surface area (Å²) in [5.74, 6) is 0.537. The van der Waals surface area contributed by atoms with E-state index in [1.165, 1.54) is 5.56 Å². The predicted octanol–water partition coefficient (Wildman–Crippen LogP) is 2.47. The maximum atomic E-state index is 13.1. The molecule has 2 unspecified atom stereocenters. The van der Waals surface area contributed by atoms with Crippen molar-refractivity contribution >= 4 is 5.91 Å². The molecule has 2 atom stereocenters. The fourth-order valence-corrected chi connectivity index (χ4v) is 3.62. The van der Waals surface area contributed by atoms with E-state index in [0.29, 0.717) is 19.0 Å². The molecule has 1 aromatic carbocycles. The number of rotatable bonds is 3. The average Bonchev–Trinajstić information content (AvgIpc) is 2.69. The van der Waals surface area contributed by atoms with Gasteiger partial charge in [-0.25, -0.2) is 0 Å². The van der Waals surface area contributed by atoms with Crippen molar-refractivity contribution < 1.29 is 14.3 Å². The van der Waals surface area contributed by atoms with Crippen molar-refractivity contribution in [2.45, 2.75) is 38.4 Å². The van der Waals surface area contributed by atoms with Crippen LogP contribution in [0.15, 0.2) is 36.4 Å². The van der Waals surface area contributed by atoms with Gasteiger partial charge in [0.1, 0.15) is 6.10 Å². The Morgan fingerprint density at radius 2 is 2.12 bits per heavy atom. The summed E-state index contributed by atoms with van der Waals surface area (Å²) < 4.78 is 11.8. The highest BCUT2D eigenvalue weighted by atomic mass is 16.5. The summed E-state index contributed by atoms with van der Waals surface area (Å²) in [7, 11) is 0. The van der Waals surface area contributed by atoms with E-state index in [4.69, 9.17) is 9.47 Å². The molecular weight excluding hydrogens is 330 g/mol. The van der Waals surface area contributed by atoms with Crippen LogP contribution in [0, 0.1) is 6.92 Å². The molecule has 1 saturated heterocycles. The number of benzene rings is 1. The molecule has 0 spiro atoms. The highest BCUT2D eigenvalue weighted by Gasteiger charge is 2.34. The number of carbonyl (C=O) groups excluding carboxylic acids is 1. The lowest BCUT2D eigenvalue weighted by atomic mass is 9.96. The van der Waals surface area contributed by atoms with E-state index in [0.717, 1.165) is 37.1 Å². The molecule has 1 amide bonds. The van der Waals surface area contributed by atoms with Crippen molar-refractivity contribution in [1.29, 1.82) is 0 Å². The normalized spacial score (nSPS) is 22.6. The van der Waals surface area contributed by atoms with Crippen LogP contribution in [-0.4, -0.2) is 46.8 Å². The van der Waals surface area contributed by atoms with Gasteiger partial charge < -0.3 is 14.4 Å². The minimum absolute atomic E-state index is 0.0282. The molecule has 6 nitrogen and oxygen atoms in total. The van der Waals surface area contributed by atoms with Gasteiger partial charge in [-0.15, -0.1) is 5.10 Å². The number of likely N-dealkylation sites (tertiary alicyclic amines) is 1. The molecule has 1 aromatic heterocycles. The molecule has 26 heavy (non-hydrogen) atoms. The van der Waals surface area contributed by atoms with E-state index in [1.54, 1.807) is 0 Å². The largest absolute Gasteiger partial charge is 0.471 e. The Labute approximate surface area is 153 Å². The van der Waals surface area contributed by atoms with Gasteiger partial charge in [0.05, 0.1) is 18.8 Å². The van der Waals surface area contributed by atoms with E-state index < -0.39 is 6.10 Å². The van der Waals surface area contributed by atoms with Crippen molar-refractivity contribution in [1.82, 2.24) is 15.1 Å². The van der Waals surface area contributed by atoms with Gasteiger partial charge in [0.2, 0.25) is 5.88 Å². The molecule has 0 N–H and O–H groups in total. The van der Waals surface area contributed by atoms with Crippen molar-refractivity contribution in [3.63, 3.8) is 0 Å². The lowest BCUT2D eigenvalue weighted by Gasteiger charge is -2.36. The van der Waals surface area contributed by atoms with E-state index in [2.05, 4.69) is 16.3 Å². The molecule has 2 aliphatic heterocycles. The van der Waals surface area contributed by atoms with Crippen LogP contribution in [0.3, 0.4) is 0 Å². The lowest BCUT2D eigenvalue weighted by molar-refractivity contribution is -0.147. The lowest BCUT2D eigenvalue weighted by Crippen LogP contribution is -2.47. The second kappa shape index (κ2) is 7.41. The third-order valence-electron chi connectivity index (χ3n) is 4.97. The summed E-state index contributed by atoms with van der Waals surface area (Å²) in [6, 6.07) is 11.8. The third-order valence-corrected chi connectivity index (χ3v) is 4.97. The molecule has 0 aliphatic carbocycles. The van der Waals surface area contributed by atoms with Crippen LogP contribution in [0.1, 0.15) is 35.8 Å². The van der Waals surface area contributed by atoms with Crippen LogP contribution in [-0.2, 0) is 16.0 Å². The second-order valence-electron chi connectivity index (χ2n) is 6.88. The van der Waals surface area contributed by atoms with Gasteiger partial charge in [0.25, 0.3) is 5.91 Å². The Bertz CT molecular complexity index is 778. The summed E-state index contributed by atoms with van der Waals surface area (Å²) in [4.78, 5) is 14.9. The highest BCUT2D eigenvalue weighted by Crippen LogP contribution is 2.29. The topological polar surface area (TPSA) is 64.5 Å². The van der Waals surface area contributed by atoms with E-state index in [9.17, 15) is 4.79 Å². The van der Waals surface area contributed by atoms with Crippen LogP contribution in [0.5, 0.6) is 5.88 Å². The van der Waals surface area contributed by atoms with Gasteiger partial charge >= 0.3 is 0 Å². The monoisotopic (exact) mass is 353 g/mol. The molecule has 4 rings (SSSR count). The fourth-order valence-electron chi connectivity index (χ4n) is 3.62. The SMILES string of the molecule is Cc1ccc(OC2CCCN(C(=O)C3OCCc4ccccc43)C2)nn1. The number of amides is 1. The van der Waals surface area contributed by atoms with Gasteiger partial charge in [-0.2, -0.15) is 5.10 Å². The Morgan fingerprint density at radius 3 is 2.96 bits per heavy atom. The zero-order valence-electron chi connectivity index (χ0n) is 14.9. The maximum absolute atomic E-state index is 13.1. The number of aromatic nitrogens is 2. The molecule has 3 heterocycles. The molecule has 1 fully saturated rings. The van der Waals surface area contributed by atoms with Crippen molar-refractivity contribution in [2.24, 2.45) is 0 Å². The maximum Gasteiger partial charge on any atom is 0.256 e. The Hall–Kier alpha value is -2.47. The summed E-state index contributed by atoms with van der Waals surface area (Å²) >= 11 is 0. The zero-order chi connectivity index (χ0) is 17.9. The van der Waals surface area contributed by atoms with E-state index in [-0.39, 0.29) is 12.0 Å². The van der Waals surface area contributed by atoms with Gasteiger partial charge in [-0.05, 0) is 43.4 Å². The van der Waals surface area contributed by atoms with Crippen molar-refractivity contribution in [3.8, 4) is 5.88 Å². The van der Waals surface area contributed by atoms with Gasteiger partial charge in [0.15, 0.2) is 6.10 Å². The van der Waals surface area contributed by atoms with Crippen molar-refractivity contribution in [3.05, 3.63) is 53.2 Å². The van der Waals surface area contributed by atoms with Gasteiger partial charge in [-0.1, -0.05) is 24.3 Å². The first kappa shape index (κ1) is 17.0. The first-order valence-corrected chi connectivity index (χ1v) is 9.16. The smallest absolute Gasteiger partial charge is 0.256 e. The number of hydrogen-bond acceptors (Lipinski definition) is 5. The standard InChI is InChI=1S/C20H23N3O3/c1-14-8-9-18(22-21-14)26-16-6-4-11-23(13-16)20(24)19-17-7-3-2-5-15(17)10-12-25-19/h2-3,5,7-9,16,19H,4,6,10-13H2,1H3. The number of nitrogens with zero attached hydrogens (tertiary/aromatic N) is 3. The molecule has 0 bridgehead atoms. The summed E-state index contributed by atoms with van der Waals surface area (Å²) in [5.41, 5.74) is 3.05. The minimum Gasteiger partial charge on any atom is -0.471 e. The van der Waals surface area contributed by atoms with Crippen LogP contribution in [0.25, 0.3) is 0 Å². The number of carbonyl (C=O) groups is 1. The third kappa shape index (κ3) is 3.55. The number of ether oxygens (including phenoxy) is 2. The van der Waals surface area contributed by atoms with Crippen LogP contribution >= 0.6 is 0 Å². The zero-order valence-corrected chi connectivity index (χ0v) is 14.9. The predicted molar refractivity (Wildman–Crippen MR) is 95.8 cm³/mol. The Morgan fingerprint density at radius 1 is 1.23 bits per heavy atom. The Balaban J connectivity index is 1.44. The summed E-state index contributed by atoms with van der Waals surface area (Å²) in [6.45, 7) is 3.76. The molecule has 0 radical (unpaired) electrons. The van der Waals surface area contributed by atoms with Crippen molar-refractivity contribution in [2.75, 3.05) is 19.7 Å². The molecule has 2 aliphatic rings. The van der Waals surface area contributed by atoms with Gasteiger partial charge in [-0.3, -0.25) is 4.79 Å². The first-order valence-electron chi connectivity index (χ1n) is 9.16. The second-order valence-corrected chi connectivity index (χ2v) is 6.88. The molecule has 2 aromatic rings. The van der Waals surface area contributed by atoms with E-state index in [1.807, 2.05) is 42.2 Å². The molecule has 0 saturated carbocycles. The summed E-state index contributed by atoms with van der Waals surface area (Å²) in [6.07, 6.45) is 2.10. The minimum atomic E-state index is -0.502. The van der Waals surface area contributed by atoms with Crippen LogP contribution in [0.4, 0.5) is 0 Å². The average molecular weight is 353 g/mol.